The van der Waals surface area contributed by atoms with Crippen LogP contribution >= 0.6 is 172 Å². The molecule has 0 saturated carbocycles. The molecular weight excluding hydrogens is 2160 g/mol. The van der Waals surface area contributed by atoms with E-state index < -0.39 is 28.4 Å². The van der Waals surface area contributed by atoms with Gasteiger partial charge in [-0.1, -0.05) is 261 Å². The topological polar surface area (TPSA) is 445 Å². The Balaban J connectivity index is 0.000000137. The summed E-state index contributed by atoms with van der Waals surface area (Å²) in [5.41, 5.74) is 12.5. The van der Waals surface area contributed by atoms with E-state index in [1.54, 1.807) is 10.9 Å². The molecule has 0 unspecified atom stereocenters. The lowest BCUT2D eigenvalue weighted by molar-refractivity contribution is -0.692. The van der Waals surface area contributed by atoms with Crippen LogP contribution in [0.1, 0.15) is 27.8 Å². The average Bonchev–Trinajstić information content (AvgIpc) is 1.53. The van der Waals surface area contributed by atoms with E-state index >= 15 is 0 Å². The normalized spacial score (nSPS) is 12.9. The fourth-order valence-electron chi connectivity index (χ4n) is 15.3. The van der Waals surface area contributed by atoms with E-state index in [2.05, 4.69) is 321 Å². The van der Waals surface area contributed by atoms with E-state index in [4.69, 9.17) is 122 Å². The number of aromatic nitrogens is 25. The van der Waals surface area contributed by atoms with Crippen LogP contribution < -0.4 is 20.8 Å². The number of para-hydroxylation sites is 1. The Morgan fingerprint density at radius 2 is 0.813 bits per heavy atom. The Hall–Kier alpha value is -15.1. The number of carbonyl (C=O) groups is 2. The lowest BCUT2D eigenvalue weighted by Gasteiger charge is -2.15. The minimum absolute atomic E-state index is 0.00518. The average molecular weight is 2250 g/mol. The molecule has 15 N–H and O–H groups in total. The minimum atomic E-state index is -0.600. The molecule has 1 saturated heterocycles. The fourth-order valence-corrected chi connectivity index (χ4v) is 18.3. The first-order valence-corrected chi connectivity index (χ1v) is 51.7. The first-order chi connectivity index (χ1) is 72.7. The van der Waals surface area contributed by atoms with Gasteiger partial charge in [0.15, 0.2) is 72.4 Å². The highest BCUT2D eigenvalue weighted by Gasteiger charge is 2.26. The largest absolute Gasteiger partial charge is 0.494 e. The number of rotatable bonds is 23. The smallest absolute Gasteiger partial charge is 0.323 e. The highest BCUT2D eigenvalue weighted by Crippen LogP contribution is 2.35. The number of nitrogens with one attached hydrogen (secondary N) is 14. The molecule has 0 radical (unpaired) electrons. The lowest BCUT2D eigenvalue weighted by Crippen LogP contribution is -2.51. The number of fused-ring (bicyclic) bond motifs is 1. The van der Waals surface area contributed by atoms with E-state index in [9.17, 15) is 19.5 Å². The van der Waals surface area contributed by atoms with Gasteiger partial charge in [0, 0.05) is 73.5 Å². The summed E-state index contributed by atoms with van der Waals surface area (Å²) in [6, 6.07) is 90.1. The predicted molar refractivity (Wildman–Crippen MR) is 619 cm³/mol. The van der Waals surface area contributed by atoms with Crippen LogP contribution in [0.3, 0.4) is 0 Å². The molecule has 49 heteroatoms. The Bertz CT molecular complexity index is 8490. The highest BCUT2D eigenvalue weighted by molar-refractivity contribution is 7.81. The van der Waals surface area contributed by atoms with E-state index in [0.717, 1.165) is 148 Å². The zero-order valence-corrected chi connectivity index (χ0v) is 91.0. The van der Waals surface area contributed by atoms with Crippen LogP contribution in [-0.2, 0) is 75.5 Å². The van der Waals surface area contributed by atoms with Crippen LogP contribution in [0.2, 0.25) is 0 Å². The zero-order valence-electron chi connectivity index (χ0n) is 79.3. The van der Waals surface area contributed by atoms with E-state index in [1.165, 1.54) is 52.6 Å². The maximum atomic E-state index is 11.6. The number of azo groups is 2. The lowest BCUT2D eigenvalue weighted by atomic mass is 9.98. The molecule has 19 aromatic rings. The molecule has 1 fully saturated rings. The first-order valence-electron chi connectivity index (χ1n) is 45.7. The van der Waals surface area contributed by atoms with Crippen molar-refractivity contribution in [1.29, 1.82) is 0 Å². The second kappa shape index (κ2) is 53.2. The number of aromatic hydroxyl groups is 1. The Morgan fingerprint density at radius 1 is 0.413 bits per heavy atom. The molecule has 0 aliphatic carbocycles. The summed E-state index contributed by atoms with van der Waals surface area (Å²) in [5, 5.41) is 80.0. The summed E-state index contributed by atoms with van der Waals surface area (Å²) in [5.74, 6) is 3.43. The fraction of sp³-hybridized carbons (Fsp3) is 0.119. The molecule has 35 nitrogen and oxygen atoms in total. The zero-order chi connectivity index (χ0) is 106. The van der Waals surface area contributed by atoms with E-state index in [-0.39, 0.29) is 26.9 Å². The number of carbonyl (C=O) groups excluding carboxylic acids is 2. The van der Waals surface area contributed by atoms with Gasteiger partial charge in [0.2, 0.25) is 16.9 Å². The molecule has 11 heterocycles. The van der Waals surface area contributed by atoms with Crippen molar-refractivity contribution in [1.82, 2.24) is 129 Å². The Labute approximate surface area is 928 Å². The maximum absolute atomic E-state index is 11.6. The molecule has 0 atom stereocenters. The molecule has 9 aromatic heterocycles. The maximum Gasteiger partial charge on any atom is 0.323 e. The van der Waals surface area contributed by atoms with Crippen LogP contribution in [0, 0.1) is 47.6 Å². The van der Waals surface area contributed by atoms with Crippen LogP contribution in [0.25, 0.3) is 102 Å². The second-order valence-electron chi connectivity index (χ2n) is 32.4. The monoisotopic (exact) mass is 2250 g/mol. The number of hydrogen-bond donors (Lipinski definition) is 18. The van der Waals surface area contributed by atoms with E-state index in [1.807, 2.05) is 160 Å². The third kappa shape index (κ3) is 28.7. The van der Waals surface area contributed by atoms with Crippen LogP contribution in [0.5, 0.6) is 5.88 Å². The summed E-state index contributed by atoms with van der Waals surface area (Å²) in [7, 11) is 3.76. The molecule has 10 aromatic carbocycles. The number of hydrogen-bond acceptors (Lipinski definition) is 28. The minimum Gasteiger partial charge on any atom is -0.494 e. The molecular formula is C101H92N31O4S14+. The standard InChI is InChI=1S/C30H26N6S2.C26H24N6S2.C13H10N4O4S2.C12H12N6S2.C10H8N2S2.C8H7N3S2.C2H4N4S2/c37-29-33-31-27(35(29)19-17-21-9-3-1-4-10-21)25-15-16-26(24-14-8-7-13-23(24)25)28-32-34-30(38)36(28)20-18-22-11-5-2-6-12-22;33-25-29-27-23(31(25)16-14-19-8-3-1-4-9-19)21-12-7-13-22(18-21)24-28-30-26(34)32(24)17-15-20-10-5-2-6-11-20;18-8-6(9(19)15-12(22)14-8)4-2-1-3-5-7-10(20)16-13(23)17-11(7)21;1-17-9(13-15-11(17)19)7-4-3-5-8(6-7)10-14-16-12(20)18(10)2;13-9-8(10(14)12-6-11-9)7-4-2-1-3-5-7;12-7-9-10-8(13)11(7)6-4-2-1-3-5-6;7-1-3-5-2(8)6-4-1/h1-16H,17-20H2,(H2,31,32,33,34,37,38);1-13,18H,14-17H2,(H,29,33)(H,30,34);1-5H,(H2,14,15,18,19,22)(H3,16,17,20,21,23);3-6H,1-2H3,(H,15,19)(H,16,20);1-6H,(H2,11,12,13,14);1-5H,(H,9,12)(H,10,13);1-2,7-8H/p+1. The van der Waals surface area contributed by atoms with Crippen molar-refractivity contribution in [2.45, 2.75) is 67.9 Å². The van der Waals surface area contributed by atoms with Gasteiger partial charge in [-0.15, -0.1) is 37.9 Å². The van der Waals surface area contributed by atoms with Crippen LogP contribution in [0.4, 0.5) is 0 Å². The summed E-state index contributed by atoms with van der Waals surface area (Å²) in [6.45, 7) is 3.00. The SMILES string of the molecule is Cn1c(-c2cccc(-c3n[nH]c(=S)n3C)c2)n[nH]c1=S.O=C1NC(=S)NC(=O)C1=CC=CC=Cc1c(O)[nH]c(=S)[nH]c1=O.S=c1[nH][nH]c(=S)n1-c1ccccc1.S=c1[nH]cnc(S)c1-c1ccccc1.S=c1[nH]nc(-c2ccc(-c3[nH][nH]c(=S)[n+]3CCc3ccccc3)c3ccccc23)n1CCc1ccccc1.S=c1[nH]nc(-c2cccc(-c3n[nH]c(=S)n3CCc3ccccc3)c2)n1CCc1ccccc1.SC1N=NC(S)N=N1. The van der Waals surface area contributed by atoms with Gasteiger partial charge < -0.3 is 24.2 Å². The molecule has 2 aliphatic heterocycles. The number of aromatic amines is 12. The van der Waals surface area contributed by atoms with Gasteiger partial charge in [-0.05, 0) is 229 Å². The molecule has 0 spiro atoms. The second-order valence-corrected chi connectivity index (χ2v) is 38.1. The third-order valence-electron chi connectivity index (χ3n) is 22.7. The summed E-state index contributed by atoms with van der Waals surface area (Å²) in [4.78, 5) is 46.4. The third-order valence-corrected chi connectivity index (χ3v) is 26.7. The van der Waals surface area contributed by atoms with Crippen molar-refractivity contribution in [2.24, 2.45) is 34.6 Å². The predicted octanol–water partition coefficient (Wildman–Crippen LogP) is 22.4. The number of allylic oxidation sites excluding steroid dienone is 4. The molecule has 758 valence electrons. The van der Waals surface area contributed by atoms with Crippen LogP contribution in [0.15, 0.2) is 333 Å². The van der Waals surface area contributed by atoms with Crippen molar-refractivity contribution in [3.63, 3.8) is 0 Å². The summed E-state index contributed by atoms with van der Waals surface area (Å²) < 4.78 is 19.3. The van der Waals surface area contributed by atoms with Gasteiger partial charge in [-0.2, -0.15) is 56.1 Å². The summed E-state index contributed by atoms with van der Waals surface area (Å²) >= 11 is 69.3. The van der Waals surface area contributed by atoms with Crippen LogP contribution in [-0.4, -0.2) is 152 Å². The molecule has 150 heavy (non-hydrogen) atoms. The van der Waals surface area contributed by atoms with E-state index in [0.29, 0.717) is 47.8 Å². The number of thiocarbonyl (C=S) groups is 1. The number of benzene rings is 10. The number of thiol groups is 3. The van der Waals surface area contributed by atoms with Gasteiger partial charge >= 0.3 is 4.77 Å². The van der Waals surface area contributed by atoms with Gasteiger partial charge in [0.05, 0.1) is 29.7 Å². The van der Waals surface area contributed by atoms with Gasteiger partial charge in [-0.3, -0.25) is 84.0 Å². The molecule has 0 bridgehead atoms. The number of amides is 2. The molecule has 21 rings (SSSR count). The van der Waals surface area contributed by atoms with Crippen molar-refractivity contribution in [2.75, 3.05) is 0 Å². The highest BCUT2D eigenvalue weighted by atomic mass is 32.1. The quantitative estimate of drug-likeness (QED) is 0.00538. The summed E-state index contributed by atoms with van der Waals surface area (Å²) in [6.07, 6.45) is 12.0. The van der Waals surface area contributed by atoms with Crippen molar-refractivity contribution >= 4 is 206 Å². The number of aryl methyl sites for hydroxylation is 4. The first kappa shape index (κ1) is 109. The van der Waals surface area contributed by atoms with Crippen molar-refractivity contribution in [3.8, 4) is 91.0 Å². The molecule has 2 aliphatic rings. The number of H-pyrrole nitrogens is 12. The van der Waals surface area contributed by atoms with Crippen molar-refractivity contribution < 1.29 is 19.3 Å². The van der Waals surface area contributed by atoms with Gasteiger partial charge in [0.1, 0.15) is 15.2 Å². The van der Waals surface area contributed by atoms with Gasteiger partial charge in [0.25, 0.3) is 23.2 Å². The van der Waals surface area contributed by atoms with Crippen molar-refractivity contribution in [3.05, 3.63) is 389 Å². The van der Waals surface area contributed by atoms with Gasteiger partial charge in [-0.25, -0.2) is 9.55 Å². The molecule has 2 amide bonds. The number of nitrogens with zero attached hydrogens (tertiary/aromatic N) is 17. The Morgan fingerprint density at radius 3 is 1.27 bits per heavy atom. The Kier molecular flexibility index (Phi) is 38.7.